The maximum atomic E-state index is 11.9. The largest absolute Gasteiger partial charge is 0.446 e. The van der Waals surface area contributed by atoms with Crippen LogP contribution >= 0.6 is 11.8 Å². The predicted molar refractivity (Wildman–Crippen MR) is 47.1 cm³/mol. The van der Waals surface area contributed by atoms with Gasteiger partial charge in [-0.3, -0.25) is 0 Å². The predicted octanol–water partition coefficient (Wildman–Crippen LogP) is 3.74. The second kappa shape index (κ2) is 3.87. The Morgan fingerprint density at radius 3 is 2.08 bits per heavy atom. The van der Waals surface area contributed by atoms with E-state index in [0.717, 1.165) is 0 Å². The molecule has 0 aliphatic carbocycles. The fraction of sp³-hybridized carbons (Fsp3) is 0.111. The van der Waals surface area contributed by atoms with Crippen LogP contribution in [0.5, 0.6) is 0 Å². The van der Waals surface area contributed by atoms with Gasteiger partial charge in [-0.15, -0.1) is 0 Å². The minimum atomic E-state index is -4.23. The van der Waals surface area contributed by atoms with Gasteiger partial charge in [-0.1, -0.05) is 24.8 Å². The molecule has 0 spiro atoms. The summed E-state index contributed by atoms with van der Waals surface area (Å²) in [6, 6.07) is 5.84. The van der Waals surface area contributed by atoms with E-state index in [2.05, 4.69) is 0 Å². The van der Waals surface area contributed by atoms with E-state index in [1.165, 1.54) is 30.3 Å². The second-order valence-corrected chi connectivity index (χ2v) is 3.42. The Morgan fingerprint density at radius 2 is 1.69 bits per heavy atom. The van der Waals surface area contributed by atoms with Crippen LogP contribution in [-0.2, 0) is 0 Å². The standard InChI is InChI=1S/C9H6F3S/c1-2-7-3-5-8(6-4-7)13-9(10,11)12/h1-6H. The molecule has 0 fully saturated rings. The molecular formula is C9H6F3S. The Bertz CT molecular complexity index is 287. The van der Waals surface area contributed by atoms with E-state index in [4.69, 9.17) is 6.58 Å². The van der Waals surface area contributed by atoms with E-state index in [9.17, 15) is 13.2 Å². The highest BCUT2D eigenvalue weighted by molar-refractivity contribution is 8.00. The molecule has 0 aliphatic rings. The molecule has 69 valence electrons. The molecule has 0 N–H and O–H groups in total. The lowest BCUT2D eigenvalue weighted by molar-refractivity contribution is -0.0328. The Balaban J connectivity index is 2.75. The van der Waals surface area contributed by atoms with Gasteiger partial charge in [-0.2, -0.15) is 13.2 Å². The number of rotatable bonds is 2. The van der Waals surface area contributed by atoms with Crippen LogP contribution in [0.3, 0.4) is 0 Å². The van der Waals surface area contributed by atoms with Crippen LogP contribution in [0.15, 0.2) is 29.2 Å². The SMILES string of the molecule is [CH]=Cc1ccc(SC(F)(F)F)cc1. The molecule has 0 atom stereocenters. The van der Waals surface area contributed by atoms with Gasteiger partial charge in [0, 0.05) is 4.90 Å². The molecule has 13 heavy (non-hydrogen) atoms. The van der Waals surface area contributed by atoms with Crippen LogP contribution in [-0.4, -0.2) is 5.51 Å². The molecule has 0 nitrogen and oxygen atoms in total. The van der Waals surface area contributed by atoms with E-state index in [-0.39, 0.29) is 16.7 Å². The van der Waals surface area contributed by atoms with E-state index in [0.29, 0.717) is 5.56 Å². The summed E-state index contributed by atoms with van der Waals surface area (Å²) in [6.45, 7) is 5.17. The first kappa shape index (κ1) is 10.2. The third kappa shape index (κ3) is 3.55. The molecule has 0 aromatic heterocycles. The summed E-state index contributed by atoms with van der Waals surface area (Å²) < 4.78 is 35.6. The van der Waals surface area contributed by atoms with Crippen molar-refractivity contribution >= 4 is 17.8 Å². The number of thioether (sulfide) groups is 1. The molecular weight excluding hydrogens is 197 g/mol. The summed E-state index contributed by atoms with van der Waals surface area (Å²) in [4.78, 5) is 0.165. The Kier molecular flexibility index (Phi) is 3.03. The molecule has 1 radical (unpaired) electrons. The zero-order valence-corrected chi connectivity index (χ0v) is 7.32. The fourth-order valence-corrected chi connectivity index (χ4v) is 1.32. The molecule has 0 unspecified atom stereocenters. The zero-order chi connectivity index (χ0) is 9.90. The molecule has 1 rings (SSSR count). The third-order valence-electron chi connectivity index (χ3n) is 1.31. The lowest BCUT2D eigenvalue weighted by atomic mass is 10.2. The van der Waals surface area contributed by atoms with Gasteiger partial charge in [-0.25, -0.2) is 0 Å². The Morgan fingerprint density at radius 1 is 1.15 bits per heavy atom. The first-order valence-corrected chi connectivity index (χ1v) is 4.24. The number of hydrogen-bond acceptors (Lipinski definition) is 1. The van der Waals surface area contributed by atoms with Crippen molar-refractivity contribution in [2.45, 2.75) is 10.4 Å². The van der Waals surface area contributed by atoms with Crippen LogP contribution in [0.1, 0.15) is 5.56 Å². The van der Waals surface area contributed by atoms with Crippen molar-refractivity contribution in [1.29, 1.82) is 0 Å². The minimum Gasteiger partial charge on any atom is -0.160 e. The van der Waals surface area contributed by atoms with E-state index in [1.54, 1.807) is 0 Å². The smallest absolute Gasteiger partial charge is 0.160 e. The van der Waals surface area contributed by atoms with E-state index in [1.807, 2.05) is 0 Å². The van der Waals surface area contributed by atoms with Crippen molar-refractivity contribution in [3.63, 3.8) is 0 Å². The van der Waals surface area contributed by atoms with Crippen molar-refractivity contribution in [3.8, 4) is 0 Å². The second-order valence-electron chi connectivity index (χ2n) is 2.28. The molecule has 0 saturated heterocycles. The van der Waals surface area contributed by atoms with Crippen molar-refractivity contribution in [2.75, 3.05) is 0 Å². The zero-order valence-electron chi connectivity index (χ0n) is 6.51. The summed E-state index contributed by atoms with van der Waals surface area (Å²) in [6.07, 6.45) is 1.34. The highest BCUT2D eigenvalue weighted by atomic mass is 32.2. The molecule has 0 saturated carbocycles. The Hall–Kier alpha value is -0.900. The lowest BCUT2D eigenvalue weighted by Gasteiger charge is -2.04. The molecule has 0 aliphatic heterocycles. The average Bonchev–Trinajstić information content (AvgIpc) is 2.03. The van der Waals surface area contributed by atoms with Gasteiger partial charge in [0.1, 0.15) is 0 Å². The van der Waals surface area contributed by atoms with Crippen molar-refractivity contribution in [2.24, 2.45) is 0 Å². The van der Waals surface area contributed by atoms with E-state index < -0.39 is 5.51 Å². The first-order valence-electron chi connectivity index (χ1n) is 3.42. The van der Waals surface area contributed by atoms with Crippen molar-refractivity contribution < 1.29 is 13.2 Å². The summed E-state index contributed by atoms with van der Waals surface area (Å²) >= 11 is -0.135. The van der Waals surface area contributed by atoms with Gasteiger partial charge < -0.3 is 0 Å². The van der Waals surface area contributed by atoms with Gasteiger partial charge in [0.25, 0.3) is 0 Å². The summed E-state index contributed by atoms with van der Waals surface area (Å²) in [7, 11) is 0. The third-order valence-corrected chi connectivity index (χ3v) is 2.05. The monoisotopic (exact) mass is 203 g/mol. The number of benzene rings is 1. The van der Waals surface area contributed by atoms with Gasteiger partial charge in [0.2, 0.25) is 0 Å². The van der Waals surface area contributed by atoms with Crippen LogP contribution in [0.2, 0.25) is 0 Å². The Labute approximate surface area is 78.5 Å². The first-order chi connectivity index (χ1) is 6.01. The quantitative estimate of drug-likeness (QED) is 0.660. The fourth-order valence-electron chi connectivity index (χ4n) is 0.781. The highest BCUT2D eigenvalue weighted by Gasteiger charge is 2.28. The van der Waals surface area contributed by atoms with Crippen LogP contribution < -0.4 is 0 Å². The van der Waals surface area contributed by atoms with Gasteiger partial charge in [0.15, 0.2) is 0 Å². The molecule has 1 aromatic carbocycles. The number of halogens is 3. The summed E-state index contributed by atoms with van der Waals surface area (Å²) in [5.74, 6) is 0. The number of alkyl halides is 3. The molecule has 4 heteroatoms. The van der Waals surface area contributed by atoms with Crippen LogP contribution in [0.25, 0.3) is 6.08 Å². The van der Waals surface area contributed by atoms with Gasteiger partial charge in [-0.05, 0) is 29.5 Å². The summed E-state index contributed by atoms with van der Waals surface area (Å²) in [5, 5.41) is 0. The molecule has 0 bridgehead atoms. The van der Waals surface area contributed by atoms with Crippen LogP contribution in [0, 0.1) is 6.58 Å². The molecule has 0 heterocycles. The van der Waals surface area contributed by atoms with E-state index >= 15 is 0 Å². The average molecular weight is 203 g/mol. The lowest BCUT2D eigenvalue weighted by Crippen LogP contribution is -1.98. The maximum Gasteiger partial charge on any atom is 0.446 e. The summed E-state index contributed by atoms with van der Waals surface area (Å²) in [5.41, 5.74) is -3.53. The molecule has 1 aromatic rings. The van der Waals surface area contributed by atoms with Crippen molar-refractivity contribution in [3.05, 3.63) is 36.4 Å². The highest BCUT2D eigenvalue weighted by Crippen LogP contribution is 2.36. The van der Waals surface area contributed by atoms with Gasteiger partial charge >= 0.3 is 5.51 Å². The minimum absolute atomic E-state index is 0.135. The number of hydrogen-bond donors (Lipinski definition) is 0. The molecule has 0 amide bonds. The normalized spacial score (nSPS) is 11.3. The van der Waals surface area contributed by atoms with Crippen molar-refractivity contribution in [1.82, 2.24) is 0 Å². The van der Waals surface area contributed by atoms with Crippen LogP contribution in [0.4, 0.5) is 13.2 Å². The van der Waals surface area contributed by atoms with Gasteiger partial charge in [0.05, 0.1) is 0 Å². The topological polar surface area (TPSA) is 0 Å². The maximum absolute atomic E-state index is 11.9.